The summed E-state index contributed by atoms with van der Waals surface area (Å²) in [7, 11) is -3.38. The lowest BCUT2D eigenvalue weighted by Gasteiger charge is -2.17. The van der Waals surface area contributed by atoms with Crippen molar-refractivity contribution in [2.24, 2.45) is 0 Å². The number of aryl methyl sites for hydroxylation is 1. The van der Waals surface area contributed by atoms with E-state index in [1.807, 2.05) is 0 Å². The fourth-order valence-corrected chi connectivity index (χ4v) is 4.90. The Kier molecular flexibility index (Phi) is 8.49. The van der Waals surface area contributed by atoms with Crippen molar-refractivity contribution in [3.05, 3.63) is 47.7 Å². The highest BCUT2D eigenvalue weighted by Crippen LogP contribution is 2.48. The summed E-state index contributed by atoms with van der Waals surface area (Å²) in [5.41, 5.74) is 0.946. The average molecular weight is 490 g/mol. The number of hydrogen-bond acceptors (Lipinski definition) is 8. The van der Waals surface area contributed by atoms with Gasteiger partial charge in [0.1, 0.15) is 5.69 Å². The maximum atomic E-state index is 15.2. The molecule has 34 heavy (non-hydrogen) atoms. The summed E-state index contributed by atoms with van der Waals surface area (Å²) in [6.45, 7) is 5.65. The van der Waals surface area contributed by atoms with Gasteiger partial charge in [0.2, 0.25) is 5.91 Å². The lowest BCUT2D eigenvalue weighted by atomic mass is 10.1. The highest BCUT2D eigenvalue weighted by atomic mass is 31.2. The Hall–Kier alpha value is -3.14. The quantitative estimate of drug-likeness (QED) is 0.317. The number of halogens is 1. The van der Waals surface area contributed by atoms with Gasteiger partial charge in [-0.1, -0.05) is 13.0 Å². The van der Waals surface area contributed by atoms with Crippen LogP contribution in [0, 0.1) is 11.2 Å². The molecule has 1 aliphatic rings. The Balaban J connectivity index is 2.11. The maximum absolute atomic E-state index is 15.2. The first-order valence-corrected chi connectivity index (χ1v) is 12.7. The number of hydrogen-bond donors (Lipinski definition) is 3. The third kappa shape index (κ3) is 5.67. The van der Waals surface area contributed by atoms with E-state index in [9.17, 15) is 9.36 Å². The molecular formula is C22H28FN6O4P. The van der Waals surface area contributed by atoms with Gasteiger partial charge in [-0.15, -0.1) is 0 Å². The molecule has 0 saturated heterocycles. The topological polar surface area (TPSA) is 131 Å². The van der Waals surface area contributed by atoms with Crippen molar-refractivity contribution < 1.29 is 22.8 Å². The molecule has 0 fully saturated rings. The second kappa shape index (κ2) is 11.3. The molecule has 0 spiro atoms. The minimum Gasteiger partial charge on any atom is -0.361 e. The zero-order chi connectivity index (χ0) is 24.7. The van der Waals surface area contributed by atoms with E-state index in [1.165, 1.54) is 10.7 Å². The highest BCUT2D eigenvalue weighted by molar-refractivity contribution is 7.53. The monoisotopic (exact) mass is 490 g/mol. The van der Waals surface area contributed by atoms with Crippen LogP contribution in [-0.2, 0) is 25.0 Å². The average Bonchev–Trinajstić information content (AvgIpc) is 3.15. The van der Waals surface area contributed by atoms with Crippen molar-refractivity contribution in [1.82, 2.24) is 20.1 Å². The Morgan fingerprint density at radius 3 is 2.62 bits per heavy atom. The molecule has 1 amide bonds. The van der Waals surface area contributed by atoms with Crippen LogP contribution >= 0.6 is 7.60 Å². The first-order valence-electron chi connectivity index (χ1n) is 11.0. The van der Waals surface area contributed by atoms with Gasteiger partial charge in [0, 0.05) is 30.1 Å². The van der Waals surface area contributed by atoms with E-state index in [0.29, 0.717) is 5.70 Å². The molecule has 0 atom stereocenters. The van der Waals surface area contributed by atoms with Crippen LogP contribution in [0.15, 0.2) is 36.2 Å². The largest absolute Gasteiger partial charge is 0.361 e. The smallest absolute Gasteiger partial charge is 0.332 e. The molecule has 0 aromatic carbocycles. The Morgan fingerprint density at radius 1 is 1.29 bits per heavy atom. The molecule has 12 heteroatoms. The van der Waals surface area contributed by atoms with Crippen LogP contribution in [0.2, 0.25) is 0 Å². The normalized spacial score (nSPS) is 14.8. The summed E-state index contributed by atoms with van der Waals surface area (Å²) in [5, 5.41) is 18.1. The molecule has 0 unspecified atom stereocenters. The van der Waals surface area contributed by atoms with E-state index < -0.39 is 13.4 Å². The molecule has 3 rings (SSSR count). The molecule has 0 radical (unpaired) electrons. The zero-order valence-electron chi connectivity index (χ0n) is 19.3. The predicted molar refractivity (Wildman–Crippen MR) is 129 cm³/mol. The van der Waals surface area contributed by atoms with E-state index in [0.717, 1.165) is 6.21 Å². The number of rotatable bonds is 11. The van der Waals surface area contributed by atoms with Crippen LogP contribution in [0.5, 0.6) is 0 Å². The summed E-state index contributed by atoms with van der Waals surface area (Å²) in [4.78, 5) is 16.5. The van der Waals surface area contributed by atoms with E-state index in [2.05, 4.69) is 20.7 Å². The summed E-state index contributed by atoms with van der Waals surface area (Å²) in [6.07, 6.45) is 8.13. The van der Waals surface area contributed by atoms with Crippen LogP contribution < -0.4 is 10.6 Å². The van der Waals surface area contributed by atoms with E-state index in [1.54, 1.807) is 45.2 Å². The minimum atomic E-state index is -3.38. The van der Waals surface area contributed by atoms with Crippen molar-refractivity contribution in [3.8, 4) is 0 Å². The standard InChI is InChI=1S/C22H28FN6O4P/c1-4-19(30)26-21-15-13-17(23)20(16(14-24)18-9-7-8-10-25-18)27-22(15)29(28-21)11-12-34(31,32-5-2)33-6-3/h7-10,13-14,24-25H,4-6,11-12H2,1-3H3,(H,26,28,30)/b18-16+,24-14?. The molecule has 0 saturated carbocycles. The van der Waals surface area contributed by atoms with Crippen LogP contribution in [-0.4, -0.2) is 46.3 Å². The first-order chi connectivity index (χ1) is 16.4. The lowest BCUT2D eigenvalue weighted by molar-refractivity contribution is -0.115. The SMILES string of the molecule is CCOP(=O)(CCn1nc(NC(=O)CC)c2cc(F)c(/C(C=N)=C3\C=CC=CN3)nc21)OCC. The Labute approximate surface area is 197 Å². The third-order valence-corrected chi connectivity index (χ3v) is 6.94. The number of pyridine rings is 1. The summed E-state index contributed by atoms with van der Waals surface area (Å²) in [6, 6.07) is 1.23. The lowest BCUT2D eigenvalue weighted by Crippen LogP contribution is -2.12. The van der Waals surface area contributed by atoms with Gasteiger partial charge in [0.25, 0.3) is 0 Å². The van der Waals surface area contributed by atoms with E-state index in [-0.39, 0.29) is 66.4 Å². The number of nitrogens with one attached hydrogen (secondary N) is 3. The predicted octanol–water partition coefficient (Wildman–Crippen LogP) is 4.22. The maximum Gasteiger partial charge on any atom is 0.332 e. The summed E-state index contributed by atoms with van der Waals surface area (Å²) >= 11 is 0. The summed E-state index contributed by atoms with van der Waals surface area (Å²) in [5.74, 6) is -0.829. The Morgan fingerprint density at radius 2 is 2.03 bits per heavy atom. The van der Waals surface area contributed by atoms with E-state index in [4.69, 9.17) is 14.5 Å². The first kappa shape index (κ1) is 25.5. The van der Waals surface area contributed by atoms with Crippen LogP contribution in [0.25, 0.3) is 16.6 Å². The van der Waals surface area contributed by atoms with Crippen molar-refractivity contribution in [1.29, 1.82) is 5.41 Å². The van der Waals surface area contributed by atoms with Crippen LogP contribution in [0.4, 0.5) is 10.2 Å². The zero-order valence-corrected chi connectivity index (χ0v) is 20.2. The van der Waals surface area contributed by atoms with Crippen molar-refractivity contribution in [3.63, 3.8) is 0 Å². The molecule has 0 bridgehead atoms. The molecule has 2 aromatic heterocycles. The van der Waals surface area contributed by atoms with Crippen LogP contribution in [0.3, 0.4) is 0 Å². The van der Waals surface area contributed by atoms with Crippen molar-refractivity contribution >= 4 is 42.1 Å². The van der Waals surface area contributed by atoms with Crippen molar-refractivity contribution in [2.45, 2.75) is 33.7 Å². The second-order valence-corrected chi connectivity index (χ2v) is 9.35. The number of carbonyl (C=O) groups excluding carboxylic acids is 1. The number of carbonyl (C=O) groups is 1. The molecular weight excluding hydrogens is 462 g/mol. The number of anilines is 1. The number of dihydropyridines is 1. The fraction of sp³-hybridized carbons (Fsp3) is 0.364. The van der Waals surface area contributed by atoms with Gasteiger partial charge in [-0.05, 0) is 32.1 Å². The van der Waals surface area contributed by atoms with Crippen molar-refractivity contribution in [2.75, 3.05) is 24.7 Å². The molecule has 0 aliphatic carbocycles. The molecule has 10 nitrogen and oxygen atoms in total. The highest BCUT2D eigenvalue weighted by Gasteiger charge is 2.26. The number of nitrogens with zero attached hydrogens (tertiary/aromatic N) is 3. The number of fused-ring (bicyclic) bond motifs is 1. The Bertz CT molecular complexity index is 1210. The van der Waals surface area contributed by atoms with Crippen LogP contribution in [0.1, 0.15) is 32.9 Å². The molecule has 2 aromatic rings. The van der Waals surface area contributed by atoms with Gasteiger partial charge in [0.05, 0.1) is 31.3 Å². The number of amides is 1. The van der Waals surface area contributed by atoms with Gasteiger partial charge in [-0.25, -0.2) is 14.1 Å². The second-order valence-electron chi connectivity index (χ2n) is 7.17. The van der Waals surface area contributed by atoms with Gasteiger partial charge in [0.15, 0.2) is 17.3 Å². The number of allylic oxidation sites excluding steroid dienone is 4. The van der Waals surface area contributed by atoms with Gasteiger partial charge >= 0.3 is 7.60 Å². The minimum absolute atomic E-state index is 0.00855. The summed E-state index contributed by atoms with van der Waals surface area (Å²) < 4.78 is 40.3. The molecule has 3 N–H and O–H groups in total. The molecule has 3 heterocycles. The molecule has 1 aliphatic heterocycles. The van der Waals surface area contributed by atoms with Gasteiger partial charge in [-0.2, -0.15) is 5.10 Å². The van der Waals surface area contributed by atoms with Gasteiger partial charge in [-0.3, -0.25) is 9.36 Å². The number of aromatic nitrogens is 3. The van der Waals surface area contributed by atoms with E-state index >= 15 is 4.39 Å². The fourth-order valence-electron chi connectivity index (χ4n) is 3.34. The molecule has 182 valence electrons. The third-order valence-electron chi connectivity index (χ3n) is 4.89. The van der Waals surface area contributed by atoms with Gasteiger partial charge < -0.3 is 25.1 Å².